The van der Waals surface area contributed by atoms with Gasteiger partial charge >= 0.3 is 6.18 Å². The van der Waals surface area contributed by atoms with Gasteiger partial charge in [0.05, 0.1) is 17.8 Å². The van der Waals surface area contributed by atoms with E-state index in [0.29, 0.717) is 17.3 Å². The quantitative estimate of drug-likeness (QED) is 0.916. The Morgan fingerprint density at radius 1 is 1.20 bits per heavy atom. The average Bonchev–Trinajstić information content (AvgIpc) is 2.66. The summed E-state index contributed by atoms with van der Waals surface area (Å²) in [7, 11) is 0. The normalized spacial score (nSPS) is 11.7. The molecule has 0 aliphatic heterocycles. The summed E-state index contributed by atoms with van der Waals surface area (Å²) in [5.74, 6) is 1.17. The molecule has 1 heterocycles. The van der Waals surface area contributed by atoms with E-state index in [-0.39, 0.29) is 6.54 Å². The fourth-order valence-electron chi connectivity index (χ4n) is 1.77. The Balaban J connectivity index is 2.16. The molecule has 0 unspecified atom stereocenters. The lowest BCUT2D eigenvalue weighted by Gasteiger charge is -2.12. The molecule has 1 aromatic carbocycles. The number of halogens is 3. The molecule has 3 nitrogen and oxygen atoms in total. The average molecular weight is 284 g/mol. The highest BCUT2D eigenvalue weighted by molar-refractivity contribution is 5.53. The minimum atomic E-state index is -4.35. The second kappa shape index (κ2) is 5.19. The monoisotopic (exact) mass is 284 g/mol. The molecule has 0 atom stereocenters. The molecule has 0 amide bonds. The highest BCUT2D eigenvalue weighted by Crippen LogP contribution is 2.32. The molecule has 2 rings (SSSR count). The van der Waals surface area contributed by atoms with E-state index < -0.39 is 11.7 Å². The molecule has 0 saturated carbocycles. The van der Waals surface area contributed by atoms with Crippen molar-refractivity contribution in [3.05, 3.63) is 46.7 Å². The predicted molar refractivity (Wildman–Crippen MR) is 69.5 cm³/mol. The molecule has 0 saturated heterocycles. The fourth-order valence-corrected chi connectivity index (χ4v) is 1.77. The molecule has 20 heavy (non-hydrogen) atoms. The maximum Gasteiger partial charge on any atom is 0.416 e. The third kappa shape index (κ3) is 3.12. The van der Waals surface area contributed by atoms with Gasteiger partial charge in [0.2, 0.25) is 5.89 Å². The number of nitrogens with zero attached hydrogens (tertiary/aromatic N) is 1. The molecule has 1 N–H and O–H groups in total. The van der Waals surface area contributed by atoms with Gasteiger partial charge in [0.15, 0.2) is 0 Å². The van der Waals surface area contributed by atoms with Crippen LogP contribution in [-0.2, 0) is 12.7 Å². The van der Waals surface area contributed by atoms with Gasteiger partial charge < -0.3 is 9.73 Å². The SMILES string of the molecule is Cc1ccc(C(F)(F)F)cc1NCc1nc(C)c(C)o1. The molecule has 0 aliphatic carbocycles. The van der Waals surface area contributed by atoms with Crippen LogP contribution >= 0.6 is 0 Å². The van der Waals surface area contributed by atoms with Gasteiger partial charge in [-0.25, -0.2) is 4.98 Å². The van der Waals surface area contributed by atoms with Gasteiger partial charge in [0.25, 0.3) is 0 Å². The van der Waals surface area contributed by atoms with Crippen molar-refractivity contribution in [3.63, 3.8) is 0 Å². The van der Waals surface area contributed by atoms with Gasteiger partial charge in [-0.05, 0) is 38.5 Å². The van der Waals surface area contributed by atoms with Crippen LogP contribution in [-0.4, -0.2) is 4.98 Å². The zero-order valence-corrected chi connectivity index (χ0v) is 11.4. The Morgan fingerprint density at radius 2 is 1.90 bits per heavy atom. The van der Waals surface area contributed by atoms with Crippen molar-refractivity contribution in [1.29, 1.82) is 0 Å². The number of anilines is 1. The van der Waals surface area contributed by atoms with E-state index in [4.69, 9.17) is 4.42 Å². The van der Waals surface area contributed by atoms with Crippen molar-refractivity contribution in [2.45, 2.75) is 33.5 Å². The number of alkyl halides is 3. The summed E-state index contributed by atoms with van der Waals surface area (Å²) < 4.78 is 43.4. The summed E-state index contributed by atoms with van der Waals surface area (Å²) in [5.41, 5.74) is 1.26. The third-order valence-electron chi connectivity index (χ3n) is 3.07. The van der Waals surface area contributed by atoms with E-state index in [2.05, 4.69) is 10.3 Å². The number of oxazole rings is 1. The predicted octanol–water partition coefficient (Wildman–Crippen LogP) is 4.23. The molecular formula is C14H15F3N2O. The zero-order valence-electron chi connectivity index (χ0n) is 11.4. The second-order valence-corrected chi connectivity index (χ2v) is 4.63. The summed E-state index contributed by atoms with van der Waals surface area (Å²) in [5, 5.41) is 2.93. The van der Waals surface area contributed by atoms with Gasteiger partial charge in [-0.2, -0.15) is 13.2 Å². The van der Waals surface area contributed by atoms with Crippen LogP contribution in [0.2, 0.25) is 0 Å². The highest BCUT2D eigenvalue weighted by Gasteiger charge is 2.30. The van der Waals surface area contributed by atoms with E-state index >= 15 is 0 Å². The molecule has 108 valence electrons. The van der Waals surface area contributed by atoms with Gasteiger partial charge in [-0.1, -0.05) is 6.07 Å². The first-order valence-corrected chi connectivity index (χ1v) is 6.12. The highest BCUT2D eigenvalue weighted by atomic mass is 19.4. The van der Waals surface area contributed by atoms with Gasteiger partial charge in [0, 0.05) is 5.69 Å². The number of benzene rings is 1. The molecule has 0 spiro atoms. The van der Waals surface area contributed by atoms with Gasteiger partial charge in [-0.3, -0.25) is 0 Å². The number of hydrogen-bond acceptors (Lipinski definition) is 3. The van der Waals surface area contributed by atoms with Crippen molar-refractivity contribution >= 4 is 5.69 Å². The molecule has 0 radical (unpaired) electrons. The first-order valence-electron chi connectivity index (χ1n) is 6.12. The van der Waals surface area contributed by atoms with E-state index in [9.17, 15) is 13.2 Å². The lowest BCUT2D eigenvalue weighted by atomic mass is 10.1. The molecule has 6 heteroatoms. The van der Waals surface area contributed by atoms with Crippen molar-refractivity contribution in [2.24, 2.45) is 0 Å². The summed E-state index contributed by atoms with van der Waals surface area (Å²) in [6.45, 7) is 5.60. The maximum atomic E-state index is 12.7. The van der Waals surface area contributed by atoms with Crippen LogP contribution in [0.25, 0.3) is 0 Å². The van der Waals surface area contributed by atoms with Crippen molar-refractivity contribution in [1.82, 2.24) is 4.98 Å². The maximum absolute atomic E-state index is 12.7. The van der Waals surface area contributed by atoms with Crippen LogP contribution in [0.5, 0.6) is 0 Å². The van der Waals surface area contributed by atoms with Gasteiger partial charge in [-0.15, -0.1) is 0 Å². The Morgan fingerprint density at radius 3 is 2.45 bits per heavy atom. The van der Waals surface area contributed by atoms with Crippen LogP contribution in [0.15, 0.2) is 22.6 Å². The molecule has 0 aliphatic rings. The topological polar surface area (TPSA) is 38.1 Å². The lowest BCUT2D eigenvalue weighted by molar-refractivity contribution is -0.137. The summed E-state index contributed by atoms with van der Waals surface area (Å²) >= 11 is 0. The van der Waals surface area contributed by atoms with Crippen molar-refractivity contribution < 1.29 is 17.6 Å². The van der Waals surface area contributed by atoms with Crippen LogP contribution < -0.4 is 5.32 Å². The standard InChI is InChI=1S/C14H15F3N2O/c1-8-4-5-11(14(15,16)17)6-12(8)18-7-13-19-9(2)10(3)20-13/h4-6,18H,7H2,1-3H3. The van der Waals surface area contributed by atoms with E-state index in [1.165, 1.54) is 6.07 Å². The Kier molecular flexibility index (Phi) is 3.74. The summed E-state index contributed by atoms with van der Waals surface area (Å²) in [6.07, 6.45) is -4.35. The second-order valence-electron chi connectivity index (χ2n) is 4.63. The third-order valence-corrected chi connectivity index (χ3v) is 3.07. The Bertz CT molecular complexity index is 598. The van der Waals surface area contributed by atoms with Crippen LogP contribution in [0.1, 0.15) is 28.5 Å². The molecule has 1 aromatic heterocycles. The fraction of sp³-hybridized carbons (Fsp3) is 0.357. The zero-order chi connectivity index (χ0) is 14.9. The minimum absolute atomic E-state index is 0.247. The number of nitrogens with one attached hydrogen (secondary N) is 1. The van der Waals surface area contributed by atoms with Crippen molar-refractivity contribution in [2.75, 3.05) is 5.32 Å². The molecule has 2 aromatic rings. The molecular weight excluding hydrogens is 269 g/mol. The van der Waals surface area contributed by atoms with Crippen LogP contribution in [0.3, 0.4) is 0 Å². The minimum Gasteiger partial charge on any atom is -0.444 e. The van der Waals surface area contributed by atoms with E-state index in [1.807, 2.05) is 6.92 Å². The molecule has 0 bridgehead atoms. The largest absolute Gasteiger partial charge is 0.444 e. The van der Waals surface area contributed by atoms with Crippen molar-refractivity contribution in [3.8, 4) is 0 Å². The number of aryl methyl sites for hydroxylation is 3. The number of aromatic nitrogens is 1. The van der Waals surface area contributed by atoms with Gasteiger partial charge in [0.1, 0.15) is 5.76 Å². The van der Waals surface area contributed by atoms with E-state index in [1.54, 1.807) is 13.8 Å². The first-order chi connectivity index (χ1) is 9.27. The summed E-state index contributed by atoms with van der Waals surface area (Å²) in [4.78, 5) is 4.17. The first kappa shape index (κ1) is 14.4. The summed E-state index contributed by atoms with van der Waals surface area (Å²) in [6, 6.07) is 3.61. The van der Waals surface area contributed by atoms with Crippen LogP contribution in [0.4, 0.5) is 18.9 Å². The number of hydrogen-bond donors (Lipinski definition) is 1. The van der Waals surface area contributed by atoms with Crippen LogP contribution in [0, 0.1) is 20.8 Å². The smallest absolute Gasteiger partial charge is 0.416 e. The Labute approximate surface area is 114 Å². The molecule has 0 fully saturated rings. The van der Waals surface area contributed by atoms with E-state index in [0.717, 1.165) is 23.4 Å². The Hall–Kier alpha value is -1.98. The lowest BCUT2D eigenvalue weighted by Crippen LogP contribution is -2.07. The number of rotatable bonds is 3.